The minimum atomic E-state index is 0.802. The molecule has 0 bridgehead atoms. The van der Waals surface area contributed by atoms with E-state index in [-0.39, 0.29) is 0 Å². The van der Waals surface area contributed by atoms with Gasteiger partial charge in [0.2, 0.25) is 0 Å². The van der Waals surface area contributed by atoms with Crippen molar-refractivity contribution in [3.8, 4) is 0 Å². The topological polar surface area (TPSA) is 77.3 Å². The summed E-state index contributed by atoms with van der Waals surface area (Å²) in [7, 11) is 0. The second kappa shape index (κ2) is 11.8. The number of hydrogen-bond donors (Lipinski definition) is 0. The zero-order valence-corrected chi connectivity index (χ0v) is 16.6. The normalized spacial score (nSPS) is 10.0. The third-order valence-electron chi connectivity index (χ3n) is 3.27. The van der Waals surface area contributed by atoms with Crippen LogP contribution in [-0.4, -0.2) is 29.9 Å². The van der Waals surface area contributed by atoms with E-state index in [4.69, 9.17) is 0 Å². The molecule has 0 spiro atoms. The number of nitrogens with zero attached hydrogens (tertiary/aromatic N) is 6. The standard InChI is InChI=1S/2C10H9N3S/c2*1-3-9(7-11-4-1)8-14-10-12-5-2-6-13-10/h2*1-7H,8H2. The van der Waals surface area contributed by atoms with Crippen LogP contribution in [-0.2, 0) is 11.5 Å². The lowest BCUT2D eigenvalue weighted by molar-refractivity contribution is 0.966. The van der Waals surface area contributed by atoms with Gasteiger partial charge in [0, 0.05) is 61.1 Å². The largest absolute Gasteiger partial charge is 0.264 e. The molecule has 0 N–H and O–H groups in total. The SMILES string of the molecule is c1cnc(SCc2cccnc2)nc1.c1cnc(SCc2cccnc2)nc1. The van der Waals surface area contributed by atoms with Gasteiger partial charge in [0.15, 0.2) is 10.3 Å². The molecule has 4 heterocycles. The summed E-state index contributed by atoms with van der Waals surface area (Å²) >= 11 is 3.22. The van der Waals surface area contributed by atoms with Gasteiger partial charge in [-0.1, -0.05) is 35.7 Å². The summed E-state index contributed by atoms with van der Waals surface area (Å²) in [5.41, 5.74) is 2.37. The summed E-state index contributed by atoms with van der Waals surface area (Å²) < 4.78 is 0. The van der Waals surface area contributed by atoms with Crippen molar-refractivity contribution in [2.45, 2.75) is 21.8 Å². The number of hydrogen-bond acceptors (Lipinski definition) is 8. The molecule has 28 heavy (non-hydrogen) atoms. The Hall–Kier alpha value is -2.84. The first-order chi connectivity index (χ1) is 13.9. The number of pyridine rings is 2. The van der Waals surface area contributed by atoms with E-state index in [1.807, 2.05) is 48.8 Å². The molecule has 4 aromatic rings. The third-order valence-corrected chi connectivity index (χ3v) is 5.16. The number of thioether (sulfide) groups is 2. The van der Waals surface area contributed by atoms with Crippen molar-refractivity contribution in [3.63, 3.8) is 0 Å². The molecule has 4 aromatic heterocycles. The van der Waals surface area contributed by atoms with E-state index in [1.165, 1.54) is 11.1 Å². The van der Waals surface area contributed by atoms with Gasteiger partial charge in [-0.15, -0.1) is 0 Å². The molecule has 0 unspecified atom stereocenters. The highest BCUT2D eigenvalue weighted by Crippen LogP contribution is 2.17. The van der Waals surface area contributed by atoms with Gasteiger partial charge in [-0.25, -0.2) is 19.9 Å². The molecule has 0 atom stereocenters. The molecule has 4 rings (SSSR count). The Labute approximate surface area is 172 Å². The zero-order valence-electron chi connectivity index (χ0n) is 15.0. The molecular weight excluding hydrogens is 388 g/mol. The van der Waals surface area contributed by atoms with Gasteiger partial charge in [0.1, 0.15) is 0 Å². The predicted molar refractivity (Wildman–Crippen MR) is 112 cm³/mol. The predicted octanol–water partition coefficient (Wildman–Crippen LogP) is 4.33. The van der Waals surface area contributed by atoms with E-state index in [1.54, 1.807) is 60.7 Å². The van der Waals surface area contributed by atoms with Crippen molar-refractivity contribution in [2.75, 3.05) is 0 Å². The van der Waals surface area contributed by atoms with Gasteiger partial charge < -0.3 is 0 Å². The minimum Gasteiger partial charge on any atom is -0.264 e. The Morgan fingerprint density at radius 2 is 0.964 bits per heavy atom. The summed E-state index contributed by atoms with van der Waals surface area (Å²) in [6.07, 6.45) is 14.3. The van der Waals surface area contributed by atoms with Crippen molar-refractivity contribution < 1.29 is 0 Å². The Kier molecular flexibility index (Phi) is 8.38. The lowest BCUT2D eigenvalue weighted by Gasteiger charge is -1.98. The minimum absolute atomic E-state index is 0.802. The molecule has 0 amide bonds. The maximum absolute atomic E-state index is 4.13. The summed E-state index contributed by atoms with van der Waals surface area (Å²) in [6.45, 7) is 0. The van der Waals surface area contributed by atoms with E-state index in [0.29, 0.717) is 0 Å². The van der Waals surface area contributed by atoms with Gasteiger partial charge in [0.05, 0.1) is 0 Å². The first-order valence-electron chi connectivity index (χ1n) is 8.47. The van der Waals surface area contributed by atoms with Crippen LogP contribution in [0.25, 0.3) is 0 Å². The van der Waals surface area contributed by atoms with Gasteiger partial charge in [-0.2, -0.15) is 0 Å². The Balaban J connectivity index is 0.000000161. The summed E-state index contributed by atoms with van der Waals surface area (Å²) in [5, 5.41) is 1.60. The van der Waals surface area contributed by atoms with Crippen LogP contribution in [0, 0.1) is 0 Å². The average molecular weight is 407 g/mol. The molecule has 6 nitrogen and oxygen atoms in total. The van der Waals surface area contributed by atoms with Crippen LogP contribution in [0.4, 0.5) is 0 Å². The van der Waals surface area contributed by atoms with Gasteiger partial charge in [0.25, 0.3) is 0 Å². The van der Waals surface area contributed by atoms with Crippen LogP contribution < -0.4 is 0 Å². The van der Waals surface area contributed by atoms with Crippen LogP contribution in [0.2, 0.25) is 0 Å². The smallest absolute Gasteiger partial charge is 0.187 e. The lowest BCUT2D eigenvalue weighted by atomic mass is 10.3. The molecule has 0 aliphatic rings. The summed E-state index contributed by atoms with van der Waals surface area (Å²) in [4.78, 5) is 24.6. The molecular formula is C20H18N6S2. The molecule has 0 saturated carbocycles. The molecule has 8 heteroatoms. The zero-order chi connectivity index (χ0) is 19.3. The molecule has 0 aliphatic carbocycles. The van der Waals surface area contributed by atoms with E-state index >= 15 is 0 Å². The fraction of sp³-hybridized carbons (Fsp3) is 0.100. The van der Waals surface area contributed by atoms with Crippen molar-refractivity contribution in [1.82, 2.24) is 29.9 Å². The van der Waals surface area contributed by atoms with Crippen molar-refractivity contribution in [1.29, 1.82) is 0 Å². The molecule has 0 aliphatic heterocycles. The third kappa shape index (κ3) is 7.42. The Morgan fingerprint density at radius 3 is 1.32 bits per heavy atom. The highest BCUT2D eigenvalue weighted by Gasteiger charge is 1.97. The van der Waals surface area contributed by atoms with E-state index in [0.717, 1.165) is 21.8 Å². The second-order valence-corrected chi connectivity index (χ2v) is 7.25. The molecule has 0 fully saturated rings. The Morgan fingerprint density at radius 1 is 0.536 bits per heavy atom. The molecule has 0 radical (unpaired) electrons. The quantitative estimate of drug-likeness (QED) is 0.346. The van der Waals surface area contributed by atoms with Crippen LogP contribution >= 0.6 is 23.5 Å². The number of rotatable bonds is 6. The van der Waals surface area contributed by atoms with Crippen molar-refractivity contribution in [2.24, 2.45) is 0 Å². The monoisotopic (exact) mass is 406 g/mol. The van der Waals surface area contributed by atoms with Gasteiger partial charge >= 0.3 is 0 Å². The second-order valence-electron chi connectivity index (χ2n) is 5.36. The highest BCUT2D eigenvalue weighted by atomic mass is 32.2. The lowest BCUT2D eigenvalue weighted by Crippen LogP contribution is -1.86. The van der Waals surface area contributed by atoms with Crippen molar-refractivity contribution >= 4 is 23.5 Å². The summed E-state index contributed by atoms with van der Waals surface area (Å²) in [6, 6.07) is 11.6. The number of aromatic nitrogens is 6. The fourth-order valence-corrected chi connectivity index (χ4v) is 3.46. The van der Waals surface area contributed by atoms with Crippen LogP contribution in [0.1, 0.15) is 11.1 Å². The van der Waals surface area contributed by atoms with Crippen LogP contribution in [0.3, 0.4) is 0 Å². The summed E-state index contributed by atoms with van der Waals surface area (Å²) in [5.74, 6) is 1.72. The van der Waals surface area contributed by atoms with Crippen molar-refractivity contribution in [3.05, 3.63) is 97.1 Å². The van der Waals surface area contributed by atoms with Crippen LogP contribution in [0.5, 0.6) is 0 Å². The van der Waals surface area contributed by atoms with Gasteiger partial charge in [-0.3, -0.25) is 9.97 Å². The first-order valence-corrected chi connectivity index (χ1v) is 10.4. The van der Waals surface area contributed by atoms with E-state index < -0.39 is 0 Å². The first kappa shape index (κ1) is 19.9. The van der Waals surface area contributed by atoms with E-state index in [9.17, 15) is 0 Å². The molecule has 0 aromatic carbocycles. The van der Waals surface area contributed by atoms with Crippen LogP contribution in [0.15, 0.2) is 96.3 Å². The average Bonchev–Trinajstić information content (AvgIpc) is 2.80. The molecule has 140 valence electrons. The maximum Gasteiger partial charge on any atom is 0.187 e. The highest BCUT2D eigenvalue weighted by molar-refractivity contribution is 7.98. The van der Waals surface area contributed by atoms with E-state index in [2.05, 4.69) is 29.9 Å². The maximum atomic E-state index is 4.13. The Bertz CT molecular complexity index is 754. The molecule has 0 saturated heterocycles. The fourth-order valence-electron chi connectivity index (χ4n) is 1.98. The van der Waals surface area contributed by atoms with Gasteiger partial charge in [-0.05, 0) is 35.4 Å².